The highest BCUT2D eigenvalue weighted by Crippen LogP contribution is 2.18. The molecule has 3 aromatic rings. The van der Waals surface area contributed by atoms with Crippen LogP contribution in [-0.2, 0) is 24.3 Å². The Labute approximate surface area is 163 Å². The summed E-state index contributed by atoms with van der Waals surface area (Å²) in [7, 11) is 0. The molecule has 0 bridgehead atoms. The van der Waals surface area contributed by atoms with Gasteiger partial charge >= 0.3 is 0 Å². The van der Waals surface area contributed by atoms with Gasteiger partial charge in [-0.1, -0.05) is 60.7 Å². The lowest BCUT2D eigenvalue weighted by Gasteiger charge is -2.30. The molecule has 0 aliphatic carbocycles. The van der Waals surface area contributed by atoms with E-state index < -0.39 is 23.6 Å². The maximum Gasteiger partial charge on any atom is 0.235 e. The van der Waals surface area contributed by atoms with Crippen molar-refractivity contribution in [3.05, 3.63) is 107 Å². The van der Waals surface area contributed by atoms with Crippen LogP contribution in [-0.4, -0.2) is 16.8 Å². The van der Waals surface area contributed by atoms with Gasteiger partial charge in [-0.05, 0) is 35.2 Å². The van der Waals surface area contributed by atoms with Gasteiger partial charge in [0, 0.05) is 19.2 Å². The molecule has 0 saturated carbocycles. The van der Waals surface area contributed by atoms with E-state index in [1.54, 1.807) is 0 Å². The molecule has 0 unspecified atom stereocenters. The highest BCUT2D eigenvalue weighted by atomic mass is 19.1. The van der Waals surface area contributed by atoms with Gasteiger partial charge in [-0.25, -0.2) is 8.78 Å². The van der Waals surface area contributed by atoms with Crippen molar-refractivity contribution >= 4 is 5.91 Å². The zero-order chi connectivity index (χ0) is 19.9. The van der Waals surface area contributed by atoms with Crippen LogP contribution in [0.25, 0.3) is 0 Å². The Hall–Kier alpha value is -3.05. The van der Waals surface area contributed by atoms with Crippen LogP contribution in [0.2, 0.25) is 0 Å². The van der Waals surface area contributed by atoms with E-state index >= 15 is 0 Å². The van der Waals surface area contributed by atoms with E-state index in [9.17, 15) is 13.6 Å². The van der Waals surface area contributed by atoms with Crippen molar-refractivity contribution in [1.82, 2.24) is 4.90 Å². The smallest absolute Gasteiger partial charge is 0.235 e. The summed E-state index contributed by atoms with van der Waals surface area (Å²) in [6.07, 6.45) is 0.129. The van der Waals surface area contributed by atoms with Gasteiger partial charge in [-0.3, -0.25) is 9.69 Å². The van der Waals surface area contributed by atoms with Crippen LogP contribution >= 0.6 is 0 Å². The Morgan fingerprint density at radius 2 is 1.25 bits per heavy atom. The van der Waals surface area contributed by atoms with Crippen molar-refractivity contribution in [1.29, 1.82) is 0 Å². The summed E-state index contributed by atoms with van der Waals surface area (Å²) in [6.45, 7) is 0.974. The Morgan fingerprint density at radius 3 is 1.68 bits per heavy atom. The molecule has 144 valence electrons. The average molecular weight is 380 g/mol. The number of amides is 1. The SMILES string of the molecule is NC(=O)[C@H](Cc1cc(F)cc(F)c1)N(Cc1ccccc1)Cc1ccccc1. The average Bonchev–Trinajstić information content (AvgIpc) is 2.66. The number of hydrogen-bond acceptors (Lipinski definition) is 2. The molecule has 0 saturated heterocycles. The summed E-state index contributed by atoms with van der Waals surface area (Å²) >= 11 is 0. The standard InChI is InChI=1S/C23H22F2N2O/c24-20-11-19(12-21(25)14-20)13-22(23(26)28)27(15-17-7-3-1-4-8-17)16-18-9-5-2-6-10-18/h1-12,14,22H,13,15-16H2,(H2,26,28)/t22-/m0/s1. The maximum absolute atomic E-state index is 13.6. The van der Waals surface area contributed by atoms with Crippen molar-refractivity contribution in [2.45, 2.75) is 25.6 Å². The Kier molecular flexibility index (Phi) is 6.50. The molecule has 3 rings (SSSR count). The van der Waals surface area contributed by atoms with E-state index in [4.69, 9.17) is 5.73 Å². The van der Waals surface area contributed by atoms with Gasteiger partial charge in [0.25, 0.3) is 0 Å². The van der Waals surface area contributed by atoms with E-state index in [-0.39, 0.29) is 6.42 Å². The van der Waals surface area contributed by atoms with Crippen molar-refractivity contribution < 1.29 is 13.6 Å². The lowest BCUT2D eigenvalue weighted by atomic mass is 10.0. The minimum atomic E-state index is -0.707. The van der Waals surface area contributed by atoms with Crippen molar-refractivity contribution in [3.63, 3.8) is 0 Å². The van der Waals surface area contributed by atoms with E-state index in [0.29, 0.717) is 18.7 Å². The summed E-state index contributed by atoms with van der Waals surface area (Å²) in [4.78, 5) is 14.2. The van der Waals surface area contributed by atoms with Crippen LogP contribution in [0, 0.1) is 11.6 Å². The van der Waals surface area contributed by atoms with Gasteiger partial charge in [0.05, 0.1) is 6.04 Å². The highest BCUT2D eigenvalue weighted by molar-refractivity contribution is 5.80. The number of benzene rings is 3. The third kappa shape index (κ3) is 5.47. The minimum absolute atomic E-state index is 0.129. The zero-order valence-corrected chi connectivity index (χ0v) is 15.4. The third-order valence-corrected chi connectivity index (χ3v) is 4.58. The summed E-state index contributed by atoms with van der Waals surface area (Å²) in [5, 5.41) is 0. The van der Waals surface area contributed by atoms with E-state index in [1.165, 1.54) is 12.1 Å². The summed E-state index contributed by atoms with van der Waals surface area (Å²) in [5.74, 6) is -1.87. The molecular weight excluding hydrogens is 358 g/mol. The number of halogens is 2. The molecule has 28 heavy (non-hydrogen) atoms. The normalized spacial score (nSPS) is 12.1. The molecule has 0 fully saturated rings. The van der Waals surface area contributed by atoms with Gasteiger partial charge in [-0.15, -0.1) is 0 Å². The molecule has 1 atom stereocenters. The molecule has 0 aliphatic rings. The predicted octanol–water partition coefficient (Wildman–Crippen LogP) is 4.06. The molecule has 0 heterocycles. The fourth-order valence-corrected chi connectivity index (χ4v) is 3.27. The first kappa shape index (κ1) is 19.7. The predicted molar refractivity (Wildman–Crippen MR) is 105 cm³/mol. The van der Waals surface area contributed by atoms with Crippen molar-refractivity contribution in [2.75, 3.05) is 0 Å². The Bertz CT molecular complexity index is 855. The van der Waals surface area contributed by atoms with E-state index in [0.717, 1.165) is 17.2 Å². The third-order valence-electron chi connectivity index (χ3n) is 4.58. The summed E-state index contributed by atoms with van der Waals surface area (Å²) in [5.41, 5.74) is 8.14. The van der Waals surface area contributed by atoms with Gasteiger partial charge in [0.2, 0.25) is 5.91 Å². The lowest BCUT2D eigenvalue weighted by Crippen LogP contribution is -2.45. The van der Waals surface area contributed by atoms with Crippen LogP contribution in [0.15, 0.2) is 78.9 Å². The second kappa shape index (κ2) is 9.24. The van der Waals surface area contributed by atoms with E-state index in [2.05, 4.69) is 0 Å². The van der Waals surface area contributed by atoms with Gasteiger partial charge in [0.1, 0.15) is 11.6 Å². The molecule has 0 radical (unpaired) electrons. The fraction of sp³-hybridized carbons (Fsp3) is 0.174. The zero-order valence-electron chi connectivity index (χ0n) is 15.4. The second-order valence-corrected chi connectivity index (χ2v) is 6.78. The van der Waals surface area contributed by atoms with Gasteiger partial charge < -0.3 is 5.73 Å². The largest absolute Gasteiger partial charge is 0.368 e. The molecular formula is C23H22F2N2O. The summed E-state index contributed by atoms with van der Waals surface area (Å²) < 4.78 is 27.2. The number of carbonyl (C=O) groups excluding carboxylic acids is 1. The molecule has 5 heteroatoms. The van der Waals surface area contributed by atoms with Crippen molar-refractivity contribution in [2.24, 2.45) is 5.73 Å². The number of carbonyl (C=O) groups is 1. The topological polar surface area (TPSA) is 46.3 Å². The van der Waals surface area contributed by atoms with Crippen LogP contribution in [0.1, 0.15) is 16.7 Å². The molecule has 0 spiro atoms. The van der Waals surface area contributed by atoms with Gasteiger partial charge in [-0.2, -0.15) is 0 Å². The highest BCUT2D eigenvalue weighted by Gasteiger charge is 2.25. The lowest BCUT2D eigenvalue weighted by molar-refractivity contribution is -0.123. The van der Waals surface area contributed by atoms with Crippen LogP contribution < -0.4 is 5.73 Å². The number of primary amides is 1. The number of nitrogens with zero attached hydrogens (tertiary/aromatic N) is 1. The number of nitrogens with two attached hydrogens (primary N) is 1. The van der Waals surface area contributed by atoms with Crippen LogP contribution in [0.4, 0.5) is 8.78 Å². The molecule has 1 amide bonds. The first-order valence-corrected chi connectivity index (χ1v) is 9.07. The minimum Gasteiger partial charge on any atom is -0.368 e. The Morgan fingerprint density at radius 1 is 0.786 bits per heavy atom. The molecule has 2 N–H and O–H groups in total. The van der Waals surface area contributed by atoms with Crippen LogP contribution in [0.3, 0.4) is 0 Å². The molecule has 3 aromatic carbocycles. The molecule has 0 aromatic heterocycles. The number of hydrogen-bond donors (Lipinski definition) is 1. The molecule has 0 aliphatic heterocycles. The van der Waals surface area contributed by atoms with Crippen molar-refractivity contribution in [3.8, 4) is 0 Å². The van der Waals surface area contributed by atoms with E-state index in [1.807, 2.05) is 65.6 Å². The van der Waals surface area contributed by atoms with Gasteiger partial charge in [0.15, 0.2) is 0 Å². The fourth-order valence-electron chi connectivity index (χ4n) is 3.27. The quantitative estimate of drug-likeness (QED) is 0.641. The number of rotatable bonds is 8. The first-order chi connectivity index (χ1) is 13.5. The first-order valence-electron chi connectivity index (χ1n) is 9.07. The molecule has 3 nitrogen and oxygen atoms in total. The monoisotopic (exact) mass is 380 g/mol. The Balaban J connectivity index is 1.90. The second-order valence-electron chi connectivity index (χ2n) is 6.78. The van der Waals surface area contributed by atoms with Crippen LogP contribution in [0.5, 0.6) is 0 Å². The summed E-state index contributed by atoms with van der Waals surface area (Å²) in [6, 6.07) is 22.0. The maximum atomic E-state index is 13.6.